The summed E-state index contributed by atoms with van der Waals surface area (Å²) in [6.45, 7) is 2.24. The van der Waals surface area contributed by atoms with Crippen LogP contribution in [0.3, 0.4) is 0 Å². The van der Waals surface area contributed by atoms with Gasteiger partial charge in [0.15, 0.2) is 0 Å². The molecule has 0 heterocycles. The third-order valence-electron chi connectivity index (χ3n) is 3.12. The first-order valence-corrected chi connectivity index (χ1v) is 5.91. The molecule has 0 aromatic rings. The third-order valence-corrected chi connectivity index (χ3v) is 3.12. The highest BCUT2D eigenvalue weighted by molar-refractivity contribution is 5.05. The minimum atomic E-state index is 0.684. The highest BCUT2D eigenvalue weighted by Crippen LogP contribution is 2.30. The number of unbranched alkanes of at least 4 members (excludes halogenated alkanes) is 2. The second kappa shape index (κ2) is 6.65. The largest absolute Gasteiger partial charge is 0.198 e. The number of hydrogen-bond donors (Lipinski definition) is 0. The Kier molecular flexibility index (Phi) is 5.37. The minimum absolute atomic E-state index is 0.684. The van der Waals surface area contributed by atoms with E-state index in [0.717, 1.165) is 6.42 Å². The fraction of sp³-hybridized carbons (Fsp3) is 0.769. The van der Waals surface area contributed by atoms with Crippen LogP contribution >= 0.6 is 0 Å². The molecule has 0 spiro atoms. The summed E-state index contributed by atoms with van der Waals surface area (Å²) in [7, 11) is 0. The first kappa shape index (κ1) is 11.3. The molecule has 1 rings (SSSR count). The van der Waals surface area contributed by atoms with Crippen molar-refractivity contribution in [2.24, 2.45) is 5.92 Å². The van der Waals surface area contributed by atoms with E-state index in [9.17, 15) is 0 Å². The molecule has 0 aliphatic heterocycles. The summed E-state index contributed by atoms with van der Waals surface area (Å²) >= 11 is 0. The van der Waals surface area contributed by atoms with Crippen molar-refractivity contribution >= 4 is 0 Å². The lowest BCUT2D eigenvalue weighted by Gasteiger charge is -2.21. The fourth-order valence-electron chi connectivity index (χ4n) is 2.10. The molecule has 0 atom stereocenters. The predicted molar refractivity (Wildman–Crippen MR) is 59.8 cm³/mol. The van der Waals surface area contributed by atoms with Crippen molar-refractivity contribution in [2.45, 2.75) is 58.3 Å². The lowest BCUT2D eigenvalue weighted by molar-refractivity contribution is 0.415. The molecule has 0 aromatic carbocycles. The van der Waals surface area contributed by atoms with Crippen molar-refractivity contribution in [1.29, 1.82) is 5.26 Å². The third kappa shape index (κ3) is 3.96. The van der Waals surface area contributed by atoms with Crippen molar-refractivity contribution in [2.75, 3.05) is 0 Å². The first-order chi connectivity index (χ1) is 6.86. The zero-order valence-electron chi connectivity index (χ0n) is 9.26. The van der Waals surface area contributed by atoms with Crippen LogP contribution in [0.4, 0.5) is 0 Å². The molecule has 0 unspecified atom stereocenters. The van der Waals surface area contributed by atoms with Gasteiger partial charge in [-0.25, -0.2) is 0 Å². The molecule has 0 saturated heterocycles. The number of nitrogens with zero attached hydrogens (tertiary/aromatic N) is 1. The van der Waals surface area contributed by atoms with E-state index in [1.807, 2.05) is 0 Å². The number of hydrogen-bond acceptors (Lipinski definition) is 1. The smallest absolute Gasteiger partial charge is 0.0624 e. The van der Waals surface area contributed by atoms with Crippen molar-refractivity contribution in [3.63, 3.8) is 0 Å². The maximum absolute atomic E-state index is 8.59. The van der Waals surface area contributed by atoms with E-state index in [4.69, 9.17) is 5.26 Å². The number of nitriles is 1. The van der Waals surface area contributed by atoms with E-state index in [2.05, 4.69) is 19.1 Å². The monoisotopic (exact) mass is 191 g/mol. The van der Waals surface area contributed by atoms with E-state index >= 15 is 0 Å². The van der Waals surface area contributed by atoms with Crippen molar-refractivity contribution in [1.82, 2.24) is 0 Å². The molecule has 0 radical (unpaired) electrons. The van der Waals surface area contributed by atoms with Crippen LogP contribution in [0.1, 0.15) is 58.3 Å². The molecular formula is C13H21N. The van der Waals surface area contributed by atoms with Gasteiger partial charge in [-0.3, -0.25) is 0 Å². The highest BCUT2D eigenvalue weighted by atomic mass is 14.3. The Balaban J connectivity index is 2.21. The normalized spacial score (nSPS) is 21.7. The Morgan fingerprint density at radius 3 is 2.71 bits per heavy atom. The molecule has 14 heavy (non-hydrogen) atoms. The molecule has 1 aliphatic rings. The summed E-state index contributed by atoms with van der Waals surface area (Å²) in [4.78, 5) is 0. The molecule has 0 aromatic heterocycles. The van der Waals surface area contributed by atoms with Gasteiger partial charge in [0.1, 0.15) is 0 Å². The van der Waals surface area contributed by atoms with Gasteiger partial charge in [-0.15, -0.1) is 0 Å². The average Bonchev–Trinajstić information content (AvgIpc) is 2.21. The first-order valence-electron chi connectivity index (χ1n) is 5.91. The molecule has 1 nitrogen and oxygen atoms in total. The predicted octanol–water partition coefficient (Wildman–Crippen LogP) is 4.21. The molecular weight excluding hydrogens is 170 g/mol. The Morgan fingerprint density at radius 1 is 1.43 bits per heavy atom. The van der Waals surface area contributed by atoms with Crippen LogP contribution in [0.5, 0.6) is 0 Å². The summed E-state index contributed by atoms with van der Waals surface area (Å²) in [5.74, 6) is 0.684. The van der Waals surface area contributed by atoms with Gasteiger partial charge >= 0.3 is 0 Å². The molecule has 78 valence electrons. The molecule has 1 heteroatoms. The van der Waals surface area contributed by atoms with E-state index in [1.165, 1.54) is 44.9 Å². The Morgan fingerprint density at radius 2 is 2.14 bits per heavy atom. The zero-order valence-corrected chi connectivity index (χ0v) is 9.26. The van der Waals surface area contributed by atoms with Crippen molar-refractivity contribution in [3.8, 4) is 6.07 Å². The maximum atomic E-state index is 8.59. The Bertz CT molecular complexity index is 212. The summed E-state index contributed by atoms with van der Waals surface area (Å²) in [5, 5.41) is 8.59. The second-order valence-electron chi connectivity index (χ2n) is 4.31. The fourth-order valence-corrected chi connectivity index (χ4v) is 2.10. The van der Waals surface area contributed by atoms with E-state index < -0.39 is 0 Å². The van der Waals surface area contributed by atoms with E-state index in [1.54, 1.807) is 5.57 Å². The van der Waals surface area contributed by atoms with Crippen molar-refractivity contribution < 1.29 is 0 Å². The van der Waals surface area contributed by atoms with Gasteiger partial charge in [0.25, 0.3) is 0 Å². The number of allylic oxidation sites excluding steroid dienone is 2. The van der Waals surface area contributed by atoms with Crippen LogP contribution in [-0.2, 0) is 0 Å². The summed E-state index contributed by atoms with van der Waals surface area (Å²) < 4.78 is 0. The quantitative estimate of drug-likeness (QED) is 0.482. The molecule has 0 bridgehead atoms. The molecule has 1 aliphatic carbocycles. The Labute approximate surface area is 87.8 Å². The zero-order chi connectivity index (χ0) is 10.2. The van der Waals surface area contributed by atoms with Gasteiger partial charge < -0.3 is 0 Å². The SMILES string of the molecule is CCCCC=C1CCC(CC#N)CC1. The van der Waals surface area contributed by atoms with E-state index in [0.29, 0.717) is 5.92 Å². The summed E-state index contributed by atoms with van der Waals surface area (Å²) in [6, 6.07) is 2.29. The van der Waals surface area contributed by atoms with Crippen LogP contribution in [0.25, 0.3) is 0 Å². The van der Waals surface area contributed by atoms with Crippen molar-refractivity contribution in [3.05, 3.63) is 11.6 Å². The molecule has 0 amide bonds. The number of rotatable bonds is 4. The van der Waals surface area contributed by atoms with Crippen LogP contribution in [0.15, 0.2) is 11.6 Å². The maximum Gasteiger partial charge on any atom is 0.0624 e. The lowest BCUT2D eigenvalue weighted by Crippen LogP contribution is -2.07. The molecule has 1 saturated carbocycles. The highest BCUT2D eigenvalue weighted by Gasteiger charge is 2.15. The van der Waals surface area contributed by atoms with Crippen LogP contribution < -0.4 is 0 Å². The van der Waals surface area contributed by atoms with Crippen LogP contribution in [0.2, 0.25) is 0 Å². The summed E-state index contributed by atoms with van der Waals surface area (Å²) in [5.41, 5.74) is 1.65. The standard InChI is InChI=1S/C13H21N/c1-2-3-4-5-12-6-8-13(9-7-12)10-11-14/h5,13H,2-4,6-10H2,1H3. The summed E-state index contributed by atoms with van der Waals surface area (Å²) in [6.07, 6.45) is 12.1. The van der Waals surface area contributed by atoms with Gasteiger partial charge in [-0.05, 0) is 38.0 Å². The van der Waals surface area contributed by atoms with Gasteiger partial charge in [-0.2, -0.15) is 5.26 Å². The molecule has 0 N–H and O–H groups in total. The Hall–Kier alpha value is -0.770. The van der Waals surface area contributed by atoms with Gasteiger partial charge in [0.2, 0.25) is 0 Å². The second-order valence-corrected chi connectivity index (χ2v) is 4.31. The van der Waals surface area contributed by atoms with Gasteiger partial charge in [-0.1, -0.05) is 31.4 Å². The topological polar surface area (TPSA) is 23.8 Å². The lowest BCUT2D eigenvalue weighted by atomic mass is 9.84. The minimum Gasteiger partial charge on any atom is -0.198 e. The van der Waals surface area contributed by atoms with Crippen LogP contribution in [-0.4, -0.2) is 0 Å². The van der Waals surface area contributed by atoms with Crippen LogP contribution in [0, 0.1) is 17.2 Å². The average molecular weight is 191 g/mol. The van der Waals surface area contributed by atoms with Gasteiger partial charge in [0.05, 0.1) is 6.07 Å². The van der Waals surface area contributed by atoms with E-state index in [-0.39, 0.29) is 0 Å². The van der Waals surface area contributed by atoms with Gasteiger partial charge in [0, 0.05) is 6.42 Å². The molecule has 1 fully saturated rings.